The molecule has 0 aromatic rings. The third-order valence-electron chi connectivity index (χ3n) is 4.15. The molecule has 0 N–H and O–H groups in total. The maximum atomic E-state index is 5.95. The predicted molar refractivity (Wildman–Crippen MR) is 102 cm³/mol. The highest BCUT2D eigenvalue weighted by Gasteiger charge is 2.09. The molecule has 0 aliphatic heterocycles. The van der Waals surface area contributed by atoms with Gasteiger partial charge in [0.15, 0.2) is 6.29 Å². The first-order valence-corrected chi connectivity index (χ1v) is 10.1. The van der Waals surface area contributed by atoms with E-state index in [2.05, 4.69) is 27.4 Å². The largest absolute Gasteiger partial charge is 0.353 e. The van der Waals surface area contributed by atoms with Gasteiger partial charge in [-0.1, -0.05) is 64.4 Å². The minimum atomic E-state index is 0.0270. The summed E-state index contributed by atoms with van der Waals surface area (Å²) in [6, 6.07) is 0. The Kier molecular flexibility index (Phi) is 17.7. The monoisotopic (exact) mass is 326 g/mol. The van der Waals surface area contributed by atoms with Gasteiger partial charge in [-0.05, 0) is 45.4 Å². The standard InChI is InChI=1S/C21H42O2/c1-5-7-14-18-22-21(23-19-15-8-6-2)17-13-11-9-10-12-16-20(3)4/h21H,3,5-19H2,1-2,4H3. The second-order valence-electron chi connectivity index (χ2n) is 6.85. The fourth-order valence-corrected chi connectivity index (χ4v) is 2.62. The number of hydrogen-bond donors (Lipinski definition) is 0. The summed E-state index contributed by atoms with van der Waals surface area (Å²) in [5.74, 6) is 0. The lowest BCUT2D eigenvalue weighted by molar-refractivity contribution is -0.148. The van der Waals surface area contributed by atoms with Crippen LogP contribution in [0.1, 0.15) is 104 Å². The van der Waals surface area contributed by atoms with Crippen LogP contribution in [0.5, 0.6) is 0 Å². The SMILES string of the molecule is C=C(C)CCCCCCCC(OCCCCC)OCCCCC. The highest BCUT2D eigenvalue weighted by Crippen LogP contribution is 2.14. The minimum absolute atomic E-state index is 0.0270. The number of unbranched alkanes of at least 4 members (excludes halogenated alkanes) is 8. The summed E-state index contributed by atoms with van der Waals surface area (Å²) in [4.78, 5) is 0. The highest BCUT2D eigenvalue weighted by atomic mass is 16.7. The second kappa shape index (κ2) is 18.0. The van der Waals surface area contributed by atoms with Crippen LogP contribution in [0.3, 0.4) is 0 Å². The molecule has 0 saturated heterocycles. The molecule has 2 nitrogen and oxygen atoms in total. The summed E-state index contributed by atoms with van der Waals surface area (Å²) in [5.41, 5.74) is 1.31. The maximum absolute atomic E-state index is 5.95. The van der Waals surface area contributed by atoms with Gasteiger partial charge in [0, 0.05) is 13.2 Å². The minimum Gasteiger partial charge on any atom is -0.353 e. The first-order valence-electron chi connectivity index (χ1n) is 10.1. The van der Waals surface area contributed by atoms with E-state index < -0.39 is 0 Å². The molecule has 0 rings (SSSR count). The molecule has 0 unspecified atom stereocenters. The van der Waals surface area contributed by atoms with Crippen molar-refractivity contribution < 1.29 is 9.47 Å². The Balaban J connectivity index is 3.70. The van der Waals surface area contributed by atoms with Crippen molar-refractivity contribution in [2.24, 2.45) is 0 Å². The van der Waals surface area contributed by atoms with E-state index in [1.807, 2.05) is 0 Å². The Morgan fingerprint density at radius 3 is 1.78 bits per heavy atom. The third kappa shape index (κ3) is 17.8. The fraction of sp³-hybridized carbons (Fsp3) is 0.905. The van der Waals surface area contributed by atoms with Crippen LogP contribution in [0.2, 0.25) is 0 Å². The summed E-state index contributed by atoms with van der Waals surface area (Å²) in [6.45, 7) is 12.2. The van der Waals surface area contributed by atoms with Gasteiger partial charge in [-0.3, -0.25) is 0 Å². The molecule has 2 heteroatoms. The zero-order valence-corrected chi connectivity index (χ0v) is 16.2. The summed E-state index contributed by atoms with van der Waals surface area (Å²) in [5, 5.41) is 0. The number of hydrogen-bond acceptors (Lipinski definition) is 2. The van der Waals surface area contributed by atoms with Crippen molar-refractivity contribution in [3.8, 4) is 0 Å². The van der Waals surface area contributed by atoms with Crippen LogP contribution in [0.4, 0.5) is 0 Å². The zero-order valence-electron chi connectivity index (χ0n) is 16.2. The lowest BCUT2D eigenvalue weighted by Crippen LogP contribution is -2.19. The molecule has 0 aliphatic rings. The van der Waals surface area contributed by atoms with Gasteiger partial charge in [0.25, 0.3) is 0 Å². The van der Waals surface area contributed by atoms with Crippen LogP contribution in [0, 0.1) is 0 Å². The Morgan fingerprint density at radius 1 is 0.739 bits per heavy atom. The van der Waals surface area contributed by atoms with Crippen molar-refractivity contribution in [3.63, 3.8) is 0 Å². The van der Waals surface area contributed by atoms with Gasteiger partial charge in [-0.25, -0.2) is 0 Å². The first kappa shape index (κ1) is 22.7. The van der Waals surface area contributed by atoms with E-state index in [9.17, 15) is 0 Å². The van der Waals surface area contributed by atoms with Gasteiger partial charge >= 0.3 is 0 Å². The lowest BCUT2D eigenvalue weighted by atomic mass is 10.1. The molecule has 0 spiro atoms. The zero-order chi connectivity index (χ0) is 17.2. The molecule has 0 radical (unpaired) electrons. The van der Waals surface area contributed by atoms with E-state index in [0.717, 1.165) is 32.5 Å². The van der Waals surface area contributed by atoms with Crippen LogP contribution in [0.25, 0.3) is 0 Å². The normalized spacial score (nSPS) is 11.3. The summed E-state index contributed by atoms with van der Waals surface area (Å²) < 4.78 is 11.9. The van der Waals surface area contributed by atoms with Crippen molar-refractivity contribution in [1.29, 1.82) is 0 Å². The number of ether oxygens (including phenoxy) is 2. The molecule has 0 heterocycles. The summed E-state index contributed by atoms with van der Waals surface area (Å²) in [6.07, 6.45) is 16.0. The molecular formula is C21H42O2. The van der Waals surface area contributed by atoms with E-state index in [0.29, 0.717) is 0 Å². The molecule has 0 atom stereocenters. The Bertz CT molecular complexity index is 238. The predicted octanol–water partition coefficient (Wildman–Crippen LogP) is 7.03. The van der Waals surface area contributed by atoms with Crippen LogP contribution >= 0.6 is 0 Å². The molecule has 0 aromatic carbocycles. The molecule has 0 bridgehead atoms. The van der Waals surface area contributed by atoms with Crippen LogP contribution < -0.4 is 0 Å². The third-order valence-corrected chi connectivity index (χ3v) is 4.15. The second-order valence-corrected chi connectivity index (χ2v) is 6.85. The molecule has 138 valence electrons. The fourth-order valence-electron chi connectivity index (χ4n) is 2.62. The average molecular weight is 327 g/mol. The van der Waals surface area contributed by atoms with Crippen molar-refractivity contribution in [2.75, 3.05) is 13.2 Å². The molecule has 0 fully saturated rings. The van der Waals surface area contributed by atoms with Gasteiger partial charge in [0.05, 0.1) is 0 Å². The van der Waals surface area contributed by atoms with Gasteiger partial charge < -0.3 is 9.47 Å². The molecule has 0 amide bonds. The van der Waals surface area contributed by atoms with Gasteiger partial charge in [0.2, 0.25) is 0 Å². The van der Waals surface area contributed by atoms with Crippen molar-refractivity contribution in [1.82, 2.24) is 0 Å². The summed E-state index contributed by atoms with van der Waals surface area (Å²) >= 11 is 0. The van der Waals surface area contributed by atoms with E-state index in [1.54, 1.807) is 0 Å². The lowest BCUT2D eigenvalue weighted by Gasteiger charge is -2.18. The van der Waals surface area contributed by atoms with E-state index in [-0.39, 0.29) is 6.29 Å². The van der Waals surface area contributed by atoms with Crippen LogP contribution in [-0.4, -0.2) is 19.5 Å². The smallest absolute Gasteiger partial charge is 0.157 e. The number of rotatable bonds is 18. The summed E-state index contributed by atoms with van der Waals surface area (Å²) in [7, 11) is 0. The average Bonchev–Trinajstić information content (AvgIpc) is 2.53. The molecule has 0 aromatic heterocycles. The molecule has 0 aliphatic carbocycles. The van der Waals surface area contributed by atoms with Crippen molar-refractivity contribution >= 4 is 0 Å². The van der Waals surface area contributed by atoms with E-state index in [4.69, 9.17) is 9.47 Å². The Morgan fingerprint density at radius 2 is 1.26 bits per heavy atom. The molecule has 0 saturated carbocycles. The van der Waals surface area contributed by atoms with Crippen molar-refractivity contribution in [2.45, 2.75) is 111 Å². The maximum Gasteiger partial charge on any atom is 0.157 e. The quantitative estimate of drug-likeness (QED) is 0.153. The van der Waals surface area contributed by atoms with Crippen LogP contribution in [0.15, 0.2) is 12.2 Å². The van der Waals surface area contributed by atoms with E-state index in [1.165, 1.54) is 69.8 Å². The molecular weight excluding hydrogens is 284 g/mol. The topological polar surface area (TPSA) is 18.5 Å². The van der Waals surface area contributed by atoms with E-state index >= 15 is 0 Å². The number of allylic oxidation sites excluding steroid dienone is 1. The molecule has 23 heavy (non-hydrogen) atoms. The van der Waals surface area contributed by atoms with Gasteiger partial charge in [0.1, 0.15) is 0 Å². The Hall–Kier alpha value is -0.340. The van der Waals surface area contributed by atoms with Gasteiger partial charge in [-0.2, -0.15) is 0 Å². The highest BCUT2D eigenvalue weighted by molar-refractivity contribution is 4.86. The van der Waals surface area contributed by atoms with Gasteiger partial charge in [-0.15, -0.1) is 6.58 Å². The van der Waals surface area contributed by atoms with Crippen molar-refractivity contribution in [3.05, 3.63) is 12.2 Å². The van der Waals surface area contributed by atoms with Crippen LogP contribution in [-0.2, 0) is 9.47 Å². The first-order chi connectivity index (χ1) is 11.2. The Labute approximate surface area is 146 Å².